The molecule has 24 heteroatoms. The van der Waals surface area contributed by atoms with Crippen LogP contribution in [0.15, 0.2) is 122 Å². The molecule has 10 aromatic rings. The number of aromatic nitrogens is 14. The fraction of sp³-hybridized carbons (Fsp3) is 0.653. The molecule has 18 heterocycles. The summed E-state index contributed by atoms with van der Waals surface area (Å²) in [4.78, 5) is 41.9. The summed E-state index contributed by atoms with van der Waals surface area (Å²) in [6, 6.07) is 38.7. The molecule has 1 saturated carbocycles. The van der Waals surface area contributed by atoms with Gasteiger partial charge in [0.15, 0.2) is 0 Å². The molecule has 0 unspecified atom stereocenters. The quantitative estimate of drug-likeness (QED) is 0.129. The molecule has 0 atom stereocenters. The summed E-state index contributed by atoms with van der Waals surface area (Å²) in [6.45, 7) is 70.6. The summed E-state index contributed by atoms with van der Waals surface area (Å²) in [6.07, 6.45) is 31.4. The Morgan fingerprint density at radius 3 is 1.32 bits per heavy atom. The van der Waals surface area contributed by atoms with Gasteiger partial charge in [-0.3, -0.25) is 33.8 Å². The zero-order valence-corrected chi connectivity index (χ0v) is 87.9. The van der Waals surface area contributed by atoms with E-state index in [-0.39, 0.29) is 52.0 Å². The van der Waals surface area contributed by atoms with Gasteiger partial charge in [-0.05, 0) is 327 Å². The molecular weight excluding hydrogens is 1750 g/mol. The van der Waals surface area contributed by atoms with E-state index >= 15 is 0 Å². The number of pyridine rings is 2. The van der Waals surface area contributed by atoms with E-state index < -0.39 is 0 Å². The number of H-pyrrole nitrogens is 1. The SMILES string of the molecule is C.C.C.C.C.C.C.CC(C)N1CCCCc2cccnc21.CC(C)N1CCCc2[nH]nc(C3CC3)c21.CC(C)N1CCCc2ccccc21.CC(C)N1CCCn2nccc21.CC(C)N1CCc2ccccc2CC1.CC(C)N1CCc2cccnc21.CC(C)N1CCc2ncncc2C1.Cc1cc2n(n1)CCCN(C(C)C)C2.Cc1cc2n(n1)CCCN(C(C)C)C2.Cc1nn(C)c2c1N(C(C)C)CCC2. The van der Waals surface area contributed by atoms with Crippen LogP contribution in [0, 0.1) is 20.8 Å². The van der Waals surface area contributed by atoms with Gasteiger partial charge in [0.25, 0.3) is 0 Å². The Bertz CT molecular complexity index is 5090. The first-order valence-electron chi connectivity index (χ1n) is 52.5. The molecule has 1 N–H and O–H groups in total. The van der Waals surface area contributed by atoms with Gasteiger partial charge in [-0.2, -0.15) is 25.5 Å². The second-order valence-corrected chi connectivity index (χ2v) is 41.9. The maximum absolute atomic E-state index is 4.53. The van der Waals surface area contributed by atoms with Gasteiger partial charge < -0.3 is 34.3 Å². The van der Waals surface area contributed by atoms with Crippen LogP contribution >= 0.6 is 0 Å². The van der Waals surface area contributed by atoms with E-state index in [1.807, 2.05) is 41.6 Å². The Morgan fingerprint density at radius 1 is 0.338 bits per heavy atom. The number of benzene rings is 2. The van der Waals surface area contributed by atoms with Crippen molar-refractivity contribution in [1.82, 2.24) is 88.9 Å². The Morgan fingerprint density at radius 2 is 0.782 bits per heavy atom. The zero-order valence-electron chi connectivity index (χ0n) is 87.9. The van der Waals surface area contributed by atoms with E-state index in [1.54, 1.807) is 17.5 Å². The monoisotopic (exact) mass is 1960 g/mol. The van der Waals surface area contributed by atoms with E-state index in [1.165, 1.54) is 252 Å². The molecule has 0 radical (unpaired) electrons. The predicted molar refractivity (Wildman–Crippen MR) is 610 cm³/mol. The molecule has 142 heavy (non-hydrogen) atoms. The second-order valence-electron chi connectivity index (χ2n) is 41.9. The average Bonchev–Trinajstić information content (AvgIpc) is 1.61. The van der Waals surface area contributed by atoms with Crippen molar-refractivity contribution in [2.45, 2.75) is 432 Å². The molecule has 1 aliphatic carbocycles. The number of rotatable bonds is 11. The first-order chi connectivity index (χ1) is 64.9. The summed E-state index contributed by atoms with van der Waals surface area (Å²) in [5, 5.41) is 25.5. The molecule has 2 aromatic carbocycles. The highest BCUT2D eigenvalue weighted by molar-refractivity contribution is 5.61. The number of fused-ring (bicyclic) bond motifs is 10. The molecule has 0 bridgehead atoms. The molecule has 11 aliphatic rings. The summed E-state index contributed by atoms with van der Waals surface area (Å²) < 4.78 is 8.46. The molecule has 0 amide bonds. The van der Waals surface area contributed by atoms with E-state index in [0.29, 0.717) is 60.4 Å². The molecule has 21 rings (SSSR count). The molecular formula is C118H202N24. The van der Waals surface area contributed by atoms with Gasteiger partial charge >= 0.3 is 0 Å². The number of aryl methyl sites for hydroxylation is 10. The number of para-hydroxylation sites is 1. The Hall–Kier alpha value is -9.49. The Labute approximate surface area is 865 Å². The lowest BCUT2D eigenvalue weighted by Gasteiger charge is -2.34. The van der Waals surface area contributed by atoms with Crippen molar-refractivity contribution in [3.8, 4) is 0 Å². The molecule has 8 aromatic heterocycles. The minimum atomic E-state index is 0. The average molecular weight is 1960 g/mol. The minimum absolute atomic E-state index is 0. The number of hydrogen-bond acceptors (Lipinski definition) is 19. The normalized spacial score (nSPS) is 16.6. The van der Waals surface area contributed by atoms with Crippen LogP contribution in [-0.2, 0) is 97.7 Å². The van der Waals surface area contributed by atoms with Crippen molar-refractivity contribution >= 4 is 34.5 Å². The summed E-state index contributed by atoms with van der Waals surface area (Å²) >= 11 is 0. The molecule has 794 valence electrons. The van der Waals surface area contributed by atoms with Gasteiger partial charge in [-0.15, -0.1) is 0 Å². The topological polar surface area (TPSA) is 184 Å². The van der Waals surface area contributed by atoms with Crippen LogP contribution in [-0.4, -0.2) is 221 Å². The van der Waals surface area contributed by atoms with Crippen molar-refractivity contribution in [3.05, 3.63) is 207 Å². The van der Waals surface area contributed by atoms with Crippen LogP contribution in [0.5, 0.6) is 0 Å². The van der Waals surface area contributed by atoms with Crippen LogP contribution in [0.2, 0.25) is 0 Å². The Kier molecular flexibility index (Phi) is 51.8. The zero-order chi connectivity index (χ0) is 96.5. The lowest BCUT2D eigenvalue weighted by molar-refractivity contribution is 0.201. The smallest absolute Gasteiger partial charge is 0.132 e. The van der Waals surface area contributed by atoms with Gasteiger partial charge in [0, 0.05) is 233 Å². The summed E-state index contributed by atoms with van der Waals surface area (Å²) in [5.74, 6) is 4.42. The van der Waals surface area contributed by atoms with Gasteiger partial charge in [-0.1, -0.05) is 107 Å². The van der Waals surface area contributed by atoms with Crippen LogP contribution < -0.4 is 29.4 Å². The third-order valence-electron chi connectivity index (χ3n) is 28.6. The fourth-order valence-corrected chi connectivity index (χ4v) is 20.7. The first-order valence-corrected chi connectivity index (χ1v) is 52.5. The lowest BCUT2D eigenvalue weighted by Crippen LogP contribution is -2.37. The highest BCUT2D eigenvalue weighted by Crippen LogP contribution is 2.46. The van der Waals surface area contributed by atoms with Gasteiger partial charge in [-0.25, -0.2) is 24.6 Å². The minimum Gasteiger partial charge on any atom is -0.369 e. The standard InChI is InChI=1S/C13H19N.C12H19N3.C12H18N2.C12H17N.3C11H19N3.C10H15N3.C10H14N2.C9H15N3.7CH4/c1-11(2)14-9-7-12-5-3-4-6-13(12)8-10-14;1-8(2)15-7-3-4-10-12(15)11(14-13-10)9-5-6-9;1-10(2)14-9-4-3-6-11-7-5-8-13-12(11)14;1-10(2)13-9-5-7-11-6-3-4-8-12(11)13;1-8(2)14-7-5-6-10-11(14)9(3)12-13(10)4;2*1-9(2)13-5-4-6-14-11(8-13)7-10(3)12-14;1-8(2)13-4-3-10-9(6-13)5-11-7-12-10;1-8(2)12-7-5-9-4-3-6-11-10(9)12;1-8(2)11-6-3-7-12-9(11)4-5-10-12;;;;;;;/h3-6,11H,7-10H2,1-2H3;8-9H,3-7H2,1-2H3,(H,13,14);5,7-8,10H,3-4,6,9H2,1-2H3;3-4,6,8,10H,5,7,9H2,1-2H3;8H,5-7H2,1-4H3;2*7,9H,4-6,8H2,1-3H3;5,7-8H,3-4,6H2,1-2H3;3-4,6,8H,5,7H2,1-2H3;4-5,8H,3,6-7H2,1-2H3;7*1H4. The van der Waals surface area contributed by atoms with E-state index in [0.717, 1.165) is 89.1 Å². The second kappa shape index (κ2) is 59.8. The third kappa shape index (κ3) is 33.8. The first kappa shape index (κ1) is 123. The lowest BCUT2D eigenvalue weighted by atomic mass is 10.0. The fourth-order valence-electron chi connectivity index (χ4n) is 20.7. The van der Waals surface area contributed by atoms with Crippen molar-refractivity contribution in [1.29, 1.82) is 0 Å². The molecule has 24 nitrogen and oxygen atoms in total. The van der Waals surface area contributed by atoms with E-state index in [9.17, 15) is 0 Å². The van der Waals surface area contributed by atoms with Crippen LogP contribution in [0.3, 0.4) is 0 Å². The maximum Gasteiger partial charge on any atom is 0.132 e. The number of nitrogens with one attached hydrogen (secondary N) is 1. The number of nitrogens with zero attached hydrogens (tertiary/aromatic N) is 23. The van der Waals surface area contributed by atoms with Crippen molar-refractivity contribution in [2.24, 2.45) is 7.05 Å². The van der Waals surface area contributed by atoms with E-state index in [4.69, 9.17) is 0 Å². The highest BCUT2D eigenvalue weighted by Gasteiger charge is 2.35. The molecule has 0 spiro atoms. The van der Waals surface area contributed by atoms with Crippen molar-refractivity contribution in [2.75, 3.05) is 101 Å². The van der Waals surface area contributed by atoms with Crippen LogP contribution in [0.1, 0.15) is 345 Å². The molecule has 1 fully saturated rings. The Balaban J connectivity index is 0.000000277. The third-order valence-corrected chi connectivity index (χ3v) is 28.6. The summed E-state index contributed by atoms with van der Waals surface area (Å²) in [5.41, 5.74) is 24.6. The highest BCUT2D eigenvalue weighted by atomic mass is 15.4. The van der Waals surface area contributed by atoms with Gasteiger partial charge in [0.05, 0.1) is 63.1 Å². The van der Waals surface area contributed by atoms with Crippen LogP contribution in [0.25, 0.3) is 0 Å². The van der Waals surface area contributed by atoms with Gasteiger partial charge in [0.1, 0.15) is 23.8 Å². The number of hydrogen-bond donors (Lipinski definition) is 1. The largest absolute Gasteiger partial charge is 0.369 e. The van der Waals surface area contributed by atoms with Gasteiger partial charge in [0.2, 0.25) is 0 Å². The molecule has 0 saturated heterocycles. The maximum atomic E-state index is 4.53. The van der Waals surface area contributed by atoms with Crippen LogP contribution in [0.4, 0.5) is 34.5 Å². The summed E-state index contributed by atoms with van der Waals surface area (Å²) in [7, 11) is 2.05. The number of anilines is 6. The van der Waals surface area contributed by atoms with Crippen molar-refractivity contribution in [3.63, 3.8) is 0 Å². The number of aromatic amines is 1. The predicted octanol–water partition coefficient (Wildman–Crippen LogP) is 25.0. The van der Waals surface area contributed by atoms with Crippen molar-refractivity contribution < 1.29 is 0 Å². The molecule has 10 aliphatic heterocycles. The van der Waals surface area contributed by atoms with E-state index in [2.05, 4.69) is 359 Å².